The van der Waals surface area contributed by atoms with Crippen molar-refractivity contribution < 1.29 is 29.2 Å². The molecule has 0 spiro atoms. The van der Waals surface area contributed by atoms with E-state index < -0.39 is 30.1 Å². The predicted octanol–water partition coefficient (Wildman–Crippen LogP) is -0.842. The van der Waals surface area contributed by atoms with Crippen LogP contribution < -0.4 is 11.2 Å². The van der Waals surface area contributed by atoms with Crippen LogP contribution in [-0.4, -0.2) is 46.8 Å². The molecule has 0 aliphatic carbocycles. The van der Waals surface area contributed by atoms with Gasteiger partial charge in [0.05, 0.1) is 0 Å². The van der Waals surface area contributed by atoms with E-state index in [0.717, 1.165) is 0 Å². The van der Waals surface area contributed by atoms with E-state index in [4.69, 9.17) is 15.7 Å². The van der Waals surface area contributed by atoms with Crippen LogP contribution in [0.25, 0.3) is 0 Å². The molecule has 1 rings (SSSR count). The van der Waals surface area contributed by atoms with Crippen molar-refractivity contribution in [1.82, 2.24) is 10.5 Å². The number of nitrogens with one attached hydrogen (secondary N) is 1. The highest BCUT2D eigenvalue weighted by Gasteiger charge is 2.30. The fourth-order valence-electron chi connectivity index (χ4n) is 1.46. The van der Waals surface area contributed by atoms with E-state index in [0.29, 0.717) is 25.8 Å². The minimum absolute atomic E-state index is 0. The number of nitrogens with two attached hydrogens (primary N) is 1. The van der Waals surface area contributed by atoms with Crippen molar-refractivity contribution in [1.29, 1.82) is 0 Å². The van der Waals surface area contributed by atoms with E-state index >= 15 is 0 Å². The van der Waals surface area contributed by atoms with Crippen LogP contribution in [0.3, 0.4) is 0 Å². The number of halogens is 1. The first-order valence-electron chi connectivity index (χ1n) is 5.85. The number of carbonyl (C=O) groups excluding carboxylic acids is 2. The fraction of sp³-hybridized carbons (Fsp3) is 0.700. The zero-order valence-electron chi connectivity index (χ0n) is 10.9. The normalized spacial score (nSPS) is 21.2. The van der Waals surface area contributed by atoms with Crippen molar-refractivity contribution in [3.8, 4) is 0 Å². The van der Waals surface area contributed by atoms with Crippen LogP contribution >= 0.6 is 12.4 Å². The Morgan fingerprint density at radius 2 is 2.10 bits per heavy atom. The first-order chi connectivity index (χ1) is 8.91. The summed E-state index contributed by atoms with van der Waals surface area (Å²) in [7, 11) is 0. The fourth-order valence-corrected chi connectivity index (χ4v) is 1.46. The quantitative estimate of drug-likeness (QED) is 0.424. The van der Waals surface area contributed by atoms with E-state index in [1.165, 1.54) is 5.06 Å². The van der Waals surface area contributed by atoms with Crippen molar-refractivity contribution in [2.24, 2.45) is 5.73 Å². The smallest absolute Gasteiger partial charge is 0.438 e. The van der Waals surface area contributed by atoms with E-state index in [-0.39, 0.29) is 12.4 Å². The van der Waals surface area contributed by atoms with Gasteiger partial charge in [0.25, 0.3) is 0 Å². The highest BCUT2D eigenvalue weighted by molar-refractivity contribution is 6.29. The van der Waals surface area contributed by atoms with Crippen molar-refractivity contribution in [2.45, 2.75) is 38.4 Å². The lowest BCUT2D eigenvalue weighted by Crippen LogP contribution is -2.41. The average molecular weight is 312 g/mol. The highest BCUT2D eigenvalue weighted by Crippen LogP contribution is 2.07. The van der Waals surface area contributed by atoms with Gasteiger partial charge in [-0.1, -0.05) is 0 Å². The van der Waals surface area contributed by atoms with Gasteiger partial charge in [-0.3, -0.25) is 4.79 Å². The molecule has 0 amide bonds. The molecule has 0 bridgehead atoms. The van der Waals surface area contributed by atoms with E-state index in [1.54, 1.807) is 6.92 Å². The summed E-state index contributed by atoms with van der Waals surface area (Å²) in [6.07, 6.45) is 0.967. The lowest BCUT2D eigenvalue weighted by molar-refractivity contribution is -0.199. The Labute approximate surface area is 121 Å². The van der Waals surface area contributed by atoms with Gasteiger partial charge in [-0.2, -0.15) is 0 Å². The summed E-state index contributed by atoms with van der Waals surface area (Å²) in [5.74, 6) is -3.25. The summed E-state index contributed by atoms with van der Waals surface area (Å²) in [5.41, 5.74) is 7.71. The molecule has 0 radical (unpaired) electrons. The standard InChI is InChI=1S/C10H17N3O6.ClH/c1-6-12-18-9(16)10(17)19-13(6)5-3-2-4-7(11)8(14)15;/h6-7,12H,2-5,11H2,1H3,(H,14,15);1H. The van der Waals surface area contributed by atoms with Crippen LogP contribution in [-0.2, 0) is 24.1 Å². The van der Waals surface area contributed by atoms with Gasteiger partial charge in [-0.15, -0.1) is 23.0 Å². The second-order valence-corrected chi connectivity index (χ2v) is 4.14. The van der Waals surface area contributed by atoms with Crippen molar-refractivity contribution in [3.63, 3.8) is 0 Å². The van der Waals surface area contributed by atoms with Gasteiger partial charge < -0.3 is 20.5 Å². The van der Waals surface area contributed by atoms with Gasteiger partial charge in [0.1, 0.15) is 12.2 Å². The zero-order chi connectivity index (χ0) is 14.4. The molecule has 9 nitrogen and oxygen atoms in total. The maximum atomic E-state index is 11.1. The van der Waals surface area contributed by atoms with Gasteiger partial charge >= 0.3 is 17.9 Å². The average Bonchev–Trinajstić information content (AvgIpc) is 2.48. The van der Waals surface area contributed by atoms with Crippen LogP contribution in [0.2, 0.25) is 0 Å². The molecule has 0 aromatic carbocycles. The lowest BCUT2D eigenvalue weighted by Gasteiger charge is -2.23. The Balaban J connectivity index is 0.00000361. The number of rotatable bonds is 6. The Morgan fingerprint density at radius 3 is 2.70 bits per heavy atom. The van der Waals surface area contributed by atoms with Gasteiger partial charge in [0.2, 0.25) is 0 Å². The third-order valence-electron chi connectivity index (χ3n) is 2.58. The molecular formula is C10H18ClN3O6. The number of aliphatic carboxylic acids is 1. The van der Waals surface area contributed by atoms with Gasteiger partial charge in [0, 0.05) is 6.54 Å². The molecule has 1 fully saturated rings. The van der Waals surface area contributed by atoms with Crippen molar-refractivity contribution >= 4 is 30.3 Å². The van der Waals surface area contributed by atoms with E-state index in [1.807, 2.05) is 0 Å². The number of carboxylic acid groups (broad SMARTS) is 1. The summed E-state index contributed by atoms with van der Waals surface area (Å²) in [6, 6.07) is -0.896. The van der Waals surface area contributed by atoms with Crippen LogP contribution in [0, 0.1) is 0 Å². The Morgan fingerprint density at radius 1 is 1.45 bits per heavy atom. The third kappa shape index (κ3) is 5.70. The van der Waals surface area contributed by atoms with E-state index in [2.05, 4.69) is 10.3 Å². The molecule has 2 unspecified atom stereocenters. The summed E-state index contributed by atoms with van der Waals surface area (Å²) in [6.45, 7) is 1.98. The van der Waals surface area contributed by atoms with E-state index in [9.17, 15) is 14.4 Å². The Kier molecular flexibility index (Phi) is 8.07. The maximum Gasteiger partial charge on any atom is 0.438 e. The van der Waals surface area contributed by atoms with Gasteiger partial charge in [-0.25, -0.2) is 9.59 Å². The molecule has 1 heterocycles. The molecule has 10 heteroatoms. The van der Waals surface area contributed by atoms with Crippen molar-refractivity contribution in [2.75, 3.05) is 6.54 Å². The Bertz CT molecular complexity index is 367. The molecule has 0 aromatic rings. The summed E-state index contributed by atoms with van der Waals surface area (Å²) in [4.78, 5) is 41.8. The Hall–Kier alpha value is -1.42. The number of unbranched alkanes of at least 4 members (excludes halogenated alkanes) is 1. The number of hydrogen-bond acceptors (Lipinski definition) is 8. The van der Waals surface area contributed by atoms with Crippen LogP contribution in [0.15, 0.2) is 0 Å². The molecule has 116 valence electrons. The van der Waals surface area contributed by atoms with Crippen LogP contribution in [0.5, 0.6) is 0 Å². The van der Waals surface area contributed by atoms with Crippen LogP contribution in [0.1, 0.15) is 26.2 Å². The summed E-state index contributed by atoms with van der Waals surface area (Å²) < 4.78 is 0. The highest BCUT2D eigenvalue weighted by atomic mass is 35.5. The molecule has 1 aliphatic heterocycles. The number of carboxylic acids is 1. The van der Waals surface area contributed by atoms with Crippen LogP contribution in [0.4, 0.5) is 0 Å². The monoisotopic (exact) mass is 311 g/mol. The summed E-state index contributed by atoms with van der Waals surface area (Å²) >= 11 is 0. The largest absolute Gasteiger partial charge is 0.480 e. The molecular weight excluding hydrogens is 294 g/mol. The minimum Gasteiger partial charge on any atom is -0.480 e. The molecule has 1 saturated heterocycles. The van der Waals surface area contributed by atoms with Gasteiger partial charge in [-0.05, 0) is 26.2 Å². The number of hydrogen-bond donors (Lipinski definition) is 3. The van der Waals surface area contributed by atoms with Crippen molar-refractivity contribution in [3.05, 3.63) is 0 Å². The molecule has 0 saturated carbocycles. The minimum atomic E-state index is -1.11. The topological polar surface area (TPSA) is 131 Å². The number of carbonyl (C=O) groups is 3. The number of nitrogens with zero attached hydrogens (tertiary/aromatic N) is 1. The second kappa shape index (κ2) is 8.69. The molecule has 20 heavy (non-hydrogen) atoms. The SMILES string of the molecule is CC1NOC(=O)C(=O)ON1CCCCC(N)C(=O)O.Cl. The second-order valence-electron chi connectivity index (χ2n) is 4.14. The van der Waals surface area contributed by atoms with Gasteiger partial charge in [0.15, 0.2) is 0 Å². The molecule has 2 atom stereocenters. The molecule has 0 aromatic heterocycles. The number of hydroxylamine groups is 3. The first-order valence-corrected chi connectivity index (χ1v) is 5.85. The summed E-state index contributed by atoms with van der Waals surface area (Å²) in [5, 5.41) is 9.87. The maximum absolute atomic E-state index is 11.1. The molecule has 1 aliphatic rings. The predicted molar refractivity (Wildman–Crippen MR) is 68.2 cm³/mol. The molecule has 4 N–H and O–H groups in total. The zero-order valence-corrected chi connectivity index (χ0v) is 11.7. The first kappa shape index (κ1) is 18.6. The lowest BCUT2D eigenvalue weighted by atomic mass is 10.1. The third-order valence-corrected chi connectivity index (χ3v) is 2.58.